The van der Waals surface area contributed by atoms with E-state index in [0.29, 0.717) is 21.6 Å². The van der Waals surface area contributed by atoms with Crippen molar-refractivity contribution in [2.75, 3.05) is 23.7 Å². The average molecular weight is 473 g/mol. The largest absolute Gasteiger partial charge is 0.385 e. The Bertz CT molecular complexity index is 823. The summed E-state index contributed by atoms with van der Waals surface area (Å²) < 4.78 is 26.2. The van der Waals surface area contributed by atoms with Gasteiger partial charge >= 0.3 is 0 Å². The third kappa shape index (κ3) is 8.69. The van der Waals surface area contributed by atoms with Crippen molar-refractivity contribution >= 4 is 21.2 Å². The first-order valence-electron chi connectivity index (χ1n) is 12.9. The van der Waals surface area contributed by atoms with Gasteiger partial charge in [-0.25, -0.2) is 8.42 Å². The summed E-state index contributed by atoms with van der Waals surface area (Å²) in [5.74, 6) is 1.31. The van der Waals surface area contributed by atoms with Crippen LogP contribution in [-0.4, -0.2) is 21.5 Å². The van der Waals surface area contributed by atoms with Crippen LogP contribution in [0.4, 0.5) is 11.4 Å². The maximum Gasteiger partial charge on any atom is 0.206 e. The number of sulfone groups is 1. The van der Waals surface area contributed by atoms with Crippen molar-refractivity contribution in [1.82, 2.24) is 0 Å². The molecule has 0 bridgehead atoms. The van der Waals surface area contributed by atoms with Crippen molar-refractivity contribution in [2.24, 2.45) is 11.8 Å². The van der Waals surface area contributed by atoms with Crippen LogP contribution in [0.1, 0.15) is 79.1 Å². The molecule has 0 saturated carbocycles. The van der Waals surface area contributed by atoms with E-state index in [1.54, 1.807) is 24.3 Å². The normalized spacial score (nSPS) is 13.5. The van der Waals surface area contributed by atoms with Gasteiger partial charge in [0.1, 0.15) is 0 Å². The molecule has 0 aliphatic rings. The highest BCUT2D eigenvalue weighted by atomic mass is 32.2. The van der Waals surface area contributed by atoms with E-state index < -0.39 is 9.84 Å². The second kappa shape index (κ2) is 14.3. The Hall–Kier alpha value is -2.01. The SMILES string of the molecule is CCCCC(CC)CNc1ccc(S(=O)(=O)c2ccc(NCC(CC)CCCC)cc2)cc1. The molecule has 4 nitrogen and oxygen atoms in total. The number of nitrogens with one attached hydrogen (secondary N) is 2. The van der Waals surface area contributed by atoms with E-state index in [-0.39, 0.29) is 0 Å². The molecular weight excluding hydrogens is 428 g/mol. The number of hydrogen-bond acceptors (Lipinski definition) is 4. The molecule has 0 spiro atoms. The highest BCUT2D eigenvalue weighted by molar-refractivity contribution is 7.91. The molecule has 5 heteroatoms. The van der Waals surface area contributed by atoms with Gasteiger partial charge in [0, 0.05) is 24.5 Å². The predicted molar refractivity (Wildman–Crippen MR) is 142 cm³/mol. The first-order valence-corrected chi connectivity index (χ1v) is 14.4. The molecule has 0 amide bonds. The van der Waals surface area contributed by atoms with Gasteiger partial charge in [0.25, 0.3) is 0 Å². The molecule has 2 N–H and O–H groups in total. The van der Waals surface area contributed by atoms with E-state index in [0.717, 1.165) is 37.3 Å². The first-order chi connectivity index (χ1) is 15.9. The van der Waals surface area contributed by atoms with E-state index in [1.807, 2.05) is 24.3 Å². The quantitative estimate of drug-likeness (QED) is 0.262. The minimum absolute atomic E-state index is 0.331. The Labute approximate surface area is 202 Å². The lowest BCUT2D eigenvalue weighted by Crippen LogP contribution is -2.14. The standard InChI is InChI=1S/C28H44N2O2S/c1-5-9-11-23(7-3)21-29-25-13-17-27(18-14-25)33(31,32)28-19-15-26(16-20-28)30-22-24(8-4)12-10-6-2/h13-20,23-24,29-30H,5-12,21-22H2,1-4H3. The Morgan fingerprint density at radius 1 is 0.636 bits per heavy atom. The smallest absolute Gasteiger partial charge is 0.206 e. The van der Waals surface area contributed by atoms with Gasteiger partial charge in [0.15, 0.2) is 0 Å². The third-order valence-corrected chi connectivity index (χ3v) is 8.39. The molecule has 2 rings (SSSR count). The summed E-state index contributed by atoms with van der Waals surface area (Å²) in [4.78, 5) is 0.662. The molecule has 2 atom stereocenters. The highest BCUT2D eigenvalue weighted by Gasteiger charge is 2.17. The van der Waals surface area contributed by atoms with Crippen LogP contribution in [0.15, 0.2) is 58.3 Å². The molecule has 0 aromatic heterocycles. The van der Waals surface area contributed by atoms with Gasteiger partial charge in [-0.1, -0.05) is 66.2 Å². The van der Waals surface area contributed by atoms with Crippen LogP contribution in [-0.2, 0) is 9.84 Å². The zero-order valence-electron chi connectivity index (χ0n) is 21.1. The second-order valence-corrected chi connectivity index (χ2v) is 11.1. The molecular formula is C28H44N2O2S. The molecule has 33 heavy (non-hydrogen) atoms. The second-order valence-electron chi connectivity index (χ2n) is 9.15. The number of benzene rings is 2. The summed E-state index contributed by atoms with van der Waals surface area (Å²) in [5.41, 5.74) is 1.94. The summed E-state index contributed by atoms with van der Waals surface area (Å²) in [6.45, 7) is 10.8. The fourth-order valence-electron chi connectivity index (χ4n) is 4.05. The van der Waals surface area contributed by atoms with Crippen molar-refractivity contribution in [3.63, 3.8) is 0 Å². The molecule has 184 valence electrons. The minimum atomic E-state index is -3.52. The van der Waals surface area contributed by atoms with E-state index in [9.17, 15) is 8.42 Å². The minimum Gasteiger partial charge on any atom is -0.385 e. The average Bonchev–Trinajstić information content (AvgIpc) is 2.85. The summed E-state index contributed by atoms with van der Waals surface area (Å²) in [6, 6.07) is 14.3. The summed E-state index contributed by atoms with van der Waals surface area (Å²) in [7, 11) is -3.52. The fraction of sp³-hybridized carbons (Fsp3) is 0.571. The van der Waals surface area contributed by atoms with Crippen molar-refractivity contribution in [1.29, 1.82) is 0 Å². The van der Waals surface area contributed by atoms with Gasteiger partial charge in [-0.2, -0.15) is 0 Å². The Morgan fingerprint density at radius 3 is 1.30 bits per heavy atom. The Morgan fingerprint density at radius 2 is 1.00 bits per heavy atom. The lowest BCUT2D eigenvalue weighted by molar-refractivity contribution is 0.473. The molecule has 2 aromatic carbocycles. The zero-order chi connectivity index (χ0) is 24.1. The van der Waals surface area contributed by atoms with Crippen LogP contribution in [0.5, 0.6) is 0 Å². The van der Waals surface area contributed by atoms with Crippen molar-refractivity contribution < 1.29 is 8.42 Å². The van der Waals surface area contributed by atoms with Gasteiger partial charge in [-0.3, -0.25) is 0 Å². The van der Waals surface area contributed by atoms with Crippen LogP contribution < -0.4 is 10.6 Å². The monoisotopic (exact) mass is 472 g/mol. The molecule has 2 aromatic rings. The zero-order valence-corrected chi connectivity index (χ0v) is 21.9. The van der Waals surface area contributed by atoms with Crippen molar-refractivity contribution in [2.45, 2.75) is 88.9 Å². The number of rotatable bonds is 16. The van der Waals surface area contributed by atoms with Gasteiger partial charge in [0.2, 0.25) is 9.84 Å². The molecule has 2 unspecified atom stereocenters. The molecule has 0 radical (unpaired) electrons. The molecule has 0 heterocycles. The molecule has 0 aliphatic heterocycles. The number of anilines is 2. The van der Waals surface area contributed by atoms with Gasteiger partial charge in [-0.05, 0) is 73.2 Å². The molecule has 0 fully saturated rings. The topological polar surface area (TPSA) is 58.2 Å². The third-order valence-electron chi connectivity index (χ3n) is 6.61. The van der Waals surface area contributed by atoms with E-state index >= 15 is 0 Å². The molecule has 0 saturated heterocycles. The van der Waals surface area contributed by atoms with E-state index in [1.165, 1.54) is 38.5 Å². The van der Waals surface area contributed by atoms with Crippen molar-refractivity contribution in [3.8, 4) is 0 Å². The number of unbranched alkanes of at least 4 members (excludes halogenated alkanes) is 2. The van der Waals surface area contributed by atoms with E-state index in [4.69, 9.17) is 0 Å². The first kappa shape index (κ1) is 27.2. The van der Waals surface area contributed by atoms with Crippen molar-refractivity contribution in [3.05, 3.63) is 48.5 Å². The maximum absolute atomic E-state index is 13.1. The summed E-state index contributed by atoms with van der Waals surface area (Å²) in [5, 5.41) is 6.94. The highest BCUT2D eigenvalue weighted by Crippen LogP contribution is 2.24. The fourth-order valence-corrected chi connectivity index (χ4v) is 5.31. The van der Waals surface area contributed by atoms with Gasteiger partial charge in [0.05, 0.1) is 9.79 Å². The van der Waals surface area contributed by atoms with Crippen LogP contribution in [0.2, 0.25) is 0 Å². The number of hydrogen-bond donors (Lipinski definition) is 2. The summed E-state index contributed by atoms with van der Waals surface area (Å²) in [6.07, 6.45) is 9.72. The van der Waals surface area contributed by atoms with Gasteiger partial charge in [-0.15, -0.1) is 0 Å². The predicted octanol–water partition coefficient (Wildman–Crippen LogP) is 7.78. The summed E-state index contributed by atoms with van der Waals surface area (Å²) >= 11 is 0. The Kier molecular flexibility index (Phi) is 11.8. The Balaban J connectivity index is 1.97. The van der Waals surface area contributed by atoms with Crippen LogP contribution in [0.25, 0.3) is 0 Å². The lowest BCUT2D eigenvalue weighted by Gasteiger charge is -2.17. The van der Waals surface area contributed by atoms with Crippen LogP contribution in [0.3, 0.4) is 0 Å². The maximum atomic E-state index is 13.1. The van der Waals surface area contributed by atoms with Crippen LogP contribution in [0, 0.1) is 11.8 Å². The lowest BCUT2D eigenvalue weighted by atomic mass is 9.99. The van der Waals surface area contributed by atoms with Crippen LogP contribution >= 0.6 is 0 Å². The van der Waals surface area contributed by atoms with Gasteiger partial charge < -0.3 is 10.6 Å². The van der Waals surface area contributed by atoms with E-state index in [2.05, 4.69) is 38.3 Å². The molecule has 0 aliphatic carbocycles.